The number of nitrogens with one attached hydrogen (secondary N) is 5. The second kappa shape index (κ2) is 14.7. The first-order chi connectivity index (χ1) is 25.3. The summed E-state index contributed by atoms with van der Waals surface area (Å²) < 4.78 is 63.4. The van der Waals surface area contributed by atoms with Gasteiger partial charge in [-0.3, -0.25) is 19.8 Å². The van der Waals surface area contributed by atoms with Gasteiger partial charge in [-0.25, -0.2) is 31.3 Å². The molecule has 0 fully saturated rings. The van der Waals surface area contributed by atoms with Crippen LogP contribution in [0.5, 0.6) is 0 Å². The molecule has 0 radical (unpaired) electrons. The smallest absolute Gasteiger partial charge is 0.297 e. The Kier molecular flexibility index (Phi) is 9.98. The number of aliphatic imine (C=N–C) groups is 1. The summed E-state index contributed by atoms with van der Waals surface area (Å²) in [6, 6.07) is 22.2. The van der Waals surface area contributed by atoms with E-state index in [1.54, 1.807) is 42.5 Å². The Morgan fingerprint density at radius 2 is 1.19 bits per heavy atom. The monoisotopic (exact) mass is 756 g/mol. The van der Waals surface area contributed by atoms with E-state index in [1.807, 2.05) is 0 Å². The molecule has 0 saturated heterocycles. The lowest BCUT2D eigenvalue weighted by Crippen LogP contribution is -2.38. The lowest BCUT2D eigenvalue weighted by Gasteiger charge is -2.20. The molecule has 6 rings (SSSR count). The molecule has 5 N–H and O–H groups in total. The fraction of sp³-hybridized carbons (Fsp3) is 0.0606. The fourth-order valence-electron chi connectivity index (χ4n) is 4.73. The number of aromatic nitrogens is 3. The number of amides is 3. The zero-order valence-electron chi connectivity index (χ0n) is 27.6. The van der Waals surface area contributed by atoms with Gasteiger partial charge in [-0.05, 0) is 60.7 Å². The highest BCUT2D eigenvalue weighted by Crippen LogP contribution is 2.25. The number of sulfonamides is 2. The molecule has 1 aliphatic heterocycles. The molecule has 3 heterocycles. The third-order valence-corrected chi connectivity index (χ3v) is 9.67. The molecule has 0 spiro atoms. The highest BCUT2D eigenvalue weighted by Gasteiger charge is 2.33. The third-order valence-electron chi connectivity index (χ3n) is 6.98. The minimum Gasteiger partial charge on any atom is -0.465 e. The van der Waals surface area contributed by atoms with Crippen molar-refractivity contribution in [2.24, 2.45) is 4.99 Å². The van der Waals surface area contributed by atoms with Crippen molar-refractivity contribution >= 4 is 78.9 Å². The average molecular weight is 757 g/mol. The molecule has 53 heavy (non-hydrogen) atoms. The number of nitrogens with zero attached hydrogens (tertiary/aromatic N) is 5. The zero-order chi connectivity index (χ0) is 37.8. The molecule has 3 amide bonds. The van der Waals surface area contributed by atoms with Crippen LogP contribution in [0.15, 0.2) is 122 Å². The number of amidine groups is 1. The molecule has 0 aliphatic carbocycles. The number of benzene rings is 3. The van der Waals surface area contributed by atoms with E-state index in [-0.39, 0.29) is 33.1 Å². The van der Waals surface area contributed by atoms with E-state index in [0.717, 1.165) is 5.01 Å². The summed E-state index contributed by atoms with van der Waals surface area (Å²) in [6.45, 7) is 2.59. The largest absolute Gasteiger partial charge is 0.465 e. The van der Waals surface area contributed by atoms with Crippen molar-refractivity contribution in [1.29, 1.82) is 0 Å². The van der Waals surface area contributed by atoms with Gasteiger partial charge in [0, 0.05) is 36.9 Å². The van der Waals surface area contributed by atoms with Crippen LogP contribution in [-0.4, -0.2) is 60.4 Å². The lowest BCUT2D eigenvalue weighted by atomic mass is 10.2. The van der Waals surface area contributed by atoms with Crippen molar-refractivity contribution in [3.8, 4) is 0 Å². The average Bonchev–Trinajstić information content (AvgIpc) is 3.72. The molecule has 0 bridgehead atoms. The summed E-state index contributed by atoms with van der Waals surface area (Å²) in [6.07, 6.45) is 2.84. The van der Waals surface area contributed by atoms with Crippen LogP contribution in [0.3, 0.4) is 0 Å². The number of carbonyl (C=O) groups is 3. The Morgan fingerprint density at radius 3 is 1.66 bits per heavy atom. The Balaban J connectivity index is 1.37. The van der Waals surface area contributed by atoms with Gasteiger partial charge < -0.3 is 15.1 Å². The number of rotatable bonds is 12. The van der Waals surface area contributed by atoms with Crippen molar-refractivity contribution < 1.29 is 35.6 Å². The van der Waals surface area contributed by atoms with E-state index >= 15 is 0 Å². The van der Waals surface area contributed by atoms with E-state index in [2.05, 4.69) is 45.4 Å². The van der Waals surface area contributed by atoms with Crippen LogP contribution in [0.4, 0.5) is 29.2 Å². The van der Waals surface area contributed by atoms with Crippen molar-refractivity contribution in [3.05, 3.63) is 114 Å². The summed E-state index contributed by atoms with van der Waals surface area (Å²) >= 11 is 0. The predicted octanol–water partition coefficient (Wildman–Crippen LogP) is 3.64. The lowest BCUT2D eigenvalue weighted by molar-refractivity contribution is -0.121. The molecule has 0 unspecified atom stereocenters. The van der Waals surface area contributed by atoms with Gasteiger partial charge in [0.25, 0.3) is 26.0 Å². The number of hydrazine groups is 1. The maximum Gasteiger partial charge on any atom is 0.297 e. The Hall–Kier alpha value is -6.93. The Morgan fingerprint density at radius 1 is 0.679 bits per heavy atom. The SMILES string of the molecule is CC(=O)Nc1ccc(S(=O)(=O)Nc2nc(NN3C(=O)/C(=C\c4ccco4)N=C3c3ccccc3)nc(NS(=O)(=O)c3ccc(NC(C)=O)cc3)n2)cc1. The first-order valence-corrected chi connectivity index (χ1v) is 18.3. The topological polar surface area (TPSA) is 247 Å². The van der Waals surface area contributed by atoms with Crippen LogP contribution in [0.1, 0.15) is 25.2 Å². The highest BCUT2D eigenvalue weighted by atomic mass is 32.2. The number of furan rings is 1. The predicted molar refractivity (Wildman–Crippen MR) is 193 cm³/mol. The van der Waals surface area contributed by atoms with E-state index in [1.165, 1.54) is 74.7 Å². The highest BCUT2D eigenvalue weighted by molar-refractivity contribution is 7.93. The van der Waals surface area contributed by atoms with Crippen molar-refractivity contribution in [1.82, 2.24) is 20.0 Å². The summed E-state index contributed by atoms with van der Waals surface area (Å²) in [5, 5.41) is 6.06. The normalized spacial score (nSPS) is 13.7. The van der Waals surface area contributed by atoms with E-state index in [0.29, 0.717) is 22.7 Å². The molecule has 0 atom stereocenters. The molecule has 5 aromatic rings. The summed E-state index contributed by atoms with van der Waals surface area (Å²) in [5.41, 5.74) is 3.85. The quantitative estimate of drug-likeness (QED) is 0.115. The molecule has 20 heteroatoms. The minimum atomic E-state index is -4.41. The molecule has 3 aromatic carbocycles. The molecular formula is C33H28N10O8S2. The number of hydrogen-bond donors (Lipinski definition) is 5. The molecule has 0 saturated carbocycles. The summed E-state index contributed by atoms with van der Waals surface area (Å²) in [7, 11) is -8.82. The van der Waals surface area contributed by atoms with Crippen LogP contribution in [0.2, 0.25) is 0 Å². The van der Waals surface area contributed by atoms with E-state index in [9.17, 15) is 31.2 Å². The van der Waals surface area contributed by atoms with Crippen molar-refractivity contribution in [2.45, 2.75) is 23.6 Å². The summed E-state index contributed by atoms with van der Waals surface area (Å²) in [4.78, 5) is 52.7. The van der Waals surface area contributed by atoms with Crippen LogP contribution in [0, 0.1) is 0 Å². The molecular weight excluding hydrogens is 729 g/mol. The van der Waals surface area contributed by atoms with E-state index < -0.39 is 43.8 Å². The number of hydrogen-bond acceptors (Lipinski definition) is 13. The molecule has 270 valence electrons. The zero-order valence-corrected chi connectivity index (χ0v) is 29.3. The summed E-state index contributed by atoms with van der Waals surface area (Å²) in [5.74, 6) is -2.68. The molecule has 2 aromatic heterocycles. The van der Waals surface area contributed by atoms with Gasteiger partial charge in [-0.2, -0.15) is 20.0 Å². The standard InChI is InChI=1S/C33H28N10O8S2/c1-20(44)34-23-10-14-26(15-11-23)52(47,48)41-32-37-31(38-33(39-32)42-53(49,50)27-16-12-24(13-17-27)35-21(2)45)40-43-29(22-7-4-3-5-8-22)36-28(30(43)46)19-25-9-6-18-51-25/h3-19H,1-2H3,(H,34,44)(H,35,45)(H3,37,38,39,40,41,42)/b28-19+. The second-order valence-corrected chi connectivity index (χ2v) is 14.4. The van der Waals surface area contributed by atoms with Gasteiger partial charge in [0.1, 0.15) is 11.5 Å². The number of carbonyl (C=O) groups excluding carboxylic acids is 3. The van der Waals surface area contributed by atoms with Crippen molar-refractivity contribution in [3.63, 3.8) is 0 Å². The third kappa shape index (κ3) is 8.69. The van der Waals surface area contributed by atoms with Gasteiger partial charge in [0.05, 0.1) is 16.1 Å². The van der Waals surface area contributed by atoms with Crippen LogP contribution >= 0.6 is 0 Å². The van der Waals surface area contributed by atoms with E-state index in [4.69, 9.17) is 4.42 Å². The maximum atomic E-state index is 13.7. The second-order valence-electron chi connectivity index (χ2n) is 11.0. The number of anilines is 5. The van der Waals surface area contributed by atoms with Crippen LogP contribution in [0.25, 0.3) is 6.08 Å². The first kappa shape index (κ1) is 35.9. The van der Waals surface area contributed by atoms with Gasteiger partial charge in [-0.15, -0.1) is 0 Å². The first-order valence-electron chi connectivity index (χ1n) is 15.3. The fourth-order valence-corrected chi connectivity index (χ4v) is 6.61. The van der Waals surface area contributed by atoms with Gasteiger partial charge >= 0.3 is 0 Å². The van der Waals surface area contributed by atoms with Crippen LogP contribution in [-0.2, 0) is 34.4 Å². The van der Waals surface area contributed by atoms with Crippen LogP contribution < -0.4 is 25.5 Å². The minimum absolute atomic E-state index is 0.0346. The van der Waals surface area contributed by atoms with Crippen molar-refractivity contribution in [2.75, 3.05) is 25.5 Å². The van der Waals surface area contributed by atoms with Gasteiger partial charge in [0.2, 0.25) is 29.7 Å². The van der Waals surface area contributed by atoms with Gasteiger partial charge in [-0.1, -0.05) is 30.3 Å². The Labute approximate surface area is 302 Å². The maximum absolute atomic E-state index is 13.7. The molecule has 18 nitrogen and oxygen atoms in total. The molecule has 1 aliphatic rings. The van der Waals surface area contributed by atoms with Gasteiger partial charge in [0.15, 0.2) is 5.84 Å². The Bertz CT molecular complexity index is 2360.